The number of aryl methyl sites for hydroxylation is 1. The third-order valence-corrected chi connectivity index (χ3v) is 5.77. The van der Waals surface area contributed by atoms with Gasteiger partial charge in [0.1, 0.15) is 5.75 Å². The summed E-state index contributed by atoms with van der Waals surface area (Å²) in [5, 5.41) is 13.6. The minimum absolute atomic E-state index is 0.0899. The van der Waals surface area contributed by atoms with Gasteiger partial charge in [0.25, 0.3) is 5.91 Å². The van der Waals surface area contributed by atoms with Crippen LogP contribution in [0.25, 0.3) is 10.9 Å². The highest BCUT2D eigenvalue weighted by molar-refractivity contribution is 6.30. The van der Waals surface area contributed by atoms with Crippen molar-refractivity contribution in [3.63, 3.8) is 0 Å². The first-order valence-electron chi connectivity index (χ1n) is 10.3. The van der Waals surface area contributed by atoms with Gasteiger partial charge >= 0.3 is 0 Å². The number of aliphatic hydroxyl groups excluding tert-OH is 1. The Morgan fingerprint density at radius 1 is 1.19 bits per heavy atom. The molecule has 1 amide bonds. The SMILES string of the molecule is CC[C@@H](CO)NC(=O)CCc1c(C)n(C(=O)c2ccc(Cl)cc2)c2ccc(OC)cc12. The molecule has 0 radical (unpaired) electrons. The molecule has 0 unspecified atom stereocenters. The number of nitrogens with zero attached hydrogens (tertiary/aromatic N) is 1. The van der Waals surface area contributed by atoms with Crippen LogP contribution in [0.1, 0.15) is 41.4 Å². The van der Waals surface area contributed by atoms with Gasteiger partial charge in [0.15, 0.2) is 0 Å². The Morgan fingerprint density at radius 3 is 2.52 bits per heavy atom. The van der Waals surface area contributed by atoms with E-state index < -0.39 is 0 Å². The van der Waals surface area contributed by atoms with Crippen LogP contribution in [-0.4, -0.2) is 41.2 Å². The summed E-state index contributed by atoms with van der Waals surface area (Å²) in [5.41, 5.74) is 2.99. The van der Waals surface area contributed by atoms with E-state index in [9.17, 15) is 14.7 Å². The number of carbonyl (C=O) groups is 2. The van der Waals surface area contributed by atoms with E-state index in [-0.39, 0.29) is 30.9 Å². The van der Waals surface area contributed by atoms with E-state index >= 15 is 0 Å². The molecule has 31 heavy (non-hydrogen) atoms. The minimum Gasteiger partial charge on any atom is -0.497 e. The molecule has 6 nitrogen and oxygen atoms in total. The van der Waals surface area contributed by atoms with Crippen molar-refractivity contribution in [2.24, 2.45) is 0 Å². The van der Waals surface area contributed by atoms with Gasteiger partial charge in [0, 0.05) is 28.1 Å². The Hall–Kier alpha value is -2.83. The van der Waals surface area contributed by atoms with Gasteiger partial charge in [-0.2, -0.15) is 0 Å². The molecule has 164 valence electrons. The van der Waals surface area contributed by atoms with E-state index in [0.717, 1.165) is 22.2 Å². The fourth-order valence-corrected chi connectivity index (χ4v) is 3.83. The number of rotatable bonds is 8. The van der Waals surface area contributed by atoms with Crippen LogP contribution in [0.2, 0.25) is 5.02 Å². The van der Waals surface area contributed by atoms with Gasteiger partial charge in [0.2, 0.25) is 5.91 Å². The molecule has 7 heteroatoms. The first-order valence-corrected chi connectivity index (χ1v) is 10.7. The number of carbonyl (C=O) groups excluding carboxylic acids is 2. The molecule has 0 aliphatic carbocycles. The smallest absolute Gasteiger partial charge is 0.262 e. The first kappa shape index (κ1) is 22.8. The van der Waals surface area contributed by atoms with Gasteiger partial charge in [-0.3, -0.25) is 14.2 Å². The molecular formula is C24H27ClN2O4. The monoisotopic (exact) mass is 442 g/mol. The van der Waals surface area contributed by atoms with Crippen molar-refractivity contribution in [3.05, 3.63) is 64.3 Å². The predicted molar refractivity (Wildman–Crippen MR) is 122 cm³/mol. The maximum atomic E-state index is 13.3. The summed E-state index contributed by atoms with van der Waals surface area (Å²) >= 11 is 5.97. The van der Waals surface area contributed by atoms with Crippen LogP contribution in [0.15, 0.2) is 42.5 Å². The molecule has 1 atom stereocenters. The summed E-state index contributed by atoms with van der Waals surface area (Å²) in [6.07, 6.45) is 1.38. The number of aliphatic hydroxyl groups is 1. The van der Waals surface area contributed by atoms with Crippen molar-refractivity contribution in [3.8, 4) is 5.75 Å². The van der Waals surface area contributed by atoms with Gasteiger partial charge in [-0.05, 0) is 67.8 Å². The molecule has 2 N–H and O–H groups in total. The van der Waals surface area contributed by atoms with Crippen molar-refractivity contribution in [2.45, 2.75) is 39.2 Å². The van der Waals surface area contributed by atoms with Crippen LogP contribution in [0, 0.1) is 6.92 Å². The van der Waals surface area contributed by atoms with Crippen molar-refractivity contribution >= 4 is 34.3 Å². The number of aromatic nitrogens is 1. The average Bonchev–Trinajstić information content (AvgIpc) is 3.06. The van der Waals surface area contributed by atoms with Crippen molar-refractivity contribution < 1.29 is 19.4 Å². The topological polar surface area (TPSA) is 80.6 Å². The van der Waals surface area contributed by atoms with Crippen LogP contribution in [0.3, 0.4) is 0 Å². The Labute approximate surface area is 186 Å². The number of amides is 1. The number of benzene rings is 2. The summed E-state index contributed by atoms with van der Waals surface area (Å²) in [6.45, 7) is 3.71. The zero-order valence-corrected chi connectivity index (χ0v) is 18.7. The van der Waals surface area contributed by atoms with Crippen LogP contribution >= 0.6 is 11.6 Å². The van der Waals surface area contributed by atoms with Gasteiger partial charge in [-0.1, -0.05) is 18.5 Å². The van der Waals surface area contributed by atoms with Gasteiger partial charge < -0.3 is 15.2 Å². The van der Waals surface area contributed by atoms with Crippen LogP contribution in [-0.2, 0) is 11.2 Å². The zero-order valence-electron chi connectivity index (χ0n) is 17.9. The average molecular weight is 443 g/mol. The second kappa shape index (κ2) is 9.98. The van der Waals surface area contributed by atoms with E-state index in [2.05, 4.69) is 5.32 Å². The standard InChI is InChI=1S/C24H27ClN2O4/c1-4-18(14-28)26-23(29)12-10-20-15(2)27(22-11-9-19(31-3)13-21(20)22)24(30)16-5-7-17(25)8-6-16/h5-9,11,13,18,28H,4,10,12,14H2,1-3H3,(H,26,29)/t18-/m0/s1. The molecule has 0 aliphatic rings. The first-order chi connectivity index (χ1) is 14.9. The number of nitrogens with one attached hydrogen (secondary N) is 1. The number of fused-ring (bicyclic) bond motifs is 1. The van der Waals surface area contributed by atoms with Crippen molar-refractivity contribution in [1.82, 2.24) is 9.88 Å². The van der Waals surface area contributed by atoms with E-state index in [1.54, 1.807) is 35.9 Å². The van der Waals surface area contributed by atoms with Gasteiger partial charge in [-0.15, -0.1) is 0 Å². The summed E-state index contributed by atoms with van der Waals surface area (Å²) in [7, 11) is 1.59. The summed E-state index contributed by atoms with van der Waals surface area (Å²) in [4.78, 5) is 25.7. The normalized spacial score (nSPS) is 12.0. The van der Waals surface area contributed by atoms with E-state index in [1.165, 1.54) is 0 Å². The minimum atomic E-state index is -0.249. The fourth-order valence-electron chi connectivity index (χ4n) is 3.70. The highest BCUT2D eigenvalue weighted by Gasteiger charge is 2.21. The predicted octanol–water partition coefficient (Wildman–Crippen LogP) is 4.12. The lowest BCUT2D eigenvalue weighted by molar-refractivity contribution is -0.122. The largest absolute Gasteiger partial charge is 0.497 e. The number of halogens is 1. The maximum absolute atomic E-state index is 13.3. The lowest BCUT2D eigenvalue weighted by atomic mass is 10.0. The maximum Gasteiger partial charge on any atom is 0.262 e. The molecule has 2 aromatic carbocycles. The summed E-state index contributed by atoms with van der Waals surface area (Å²) < 4.78 is 7.05. The molecule has 1 heterocycles. The molecular weight excluding hydrogens is 416 g/mol. The Bertz CT molecular complexity index is 1090. The van der Waals surface area contributed by atoms with Crippen LogP contribution < -0.4 is 10.1 Å². The quantitative estimate of drug-likeness (QED) is 0.550. The van der Waals surface area contributed by atoms with Crippen molar-refractivity contribution in [1.29, 1.82) is 0 Å². The summed E-state index contributed by atoms with van der Waals surface area (Å²) in [6, 6.07) is 12.1. The lowest BCUT2D eigenvalue weighted by Crippen LogP contribution is -2.37. The fraction of sp³-hybridized carbons (Fsp3) is 0.333. The number of ether oxygens (including phenoxy) is 1. The highest BCUT2D eigenvalue weighted by atomic mass is 35.5. The molecule has 3 aromatic rings. The second-order valence-corrected chi connectivity index (χ2v) is 7.89. The van der Waals surface area contributed by atoms with Crippen LogP contribution in [0.5, 0.6) is 5.75 Å². The van der Waals surface area contributed by atoms with Gasteiger partial charge in [0.05, 0.1) is 25.3 Å². The van der Waals surface area contributed by atoms with Crippen molar-refractivity contribution in [2.75, 3.05) is 13.7 Å². The third kappa shape index (κ3) is 4.92. The van der Waals surface area contributed by atoms with E-state index in [0.29, 0.717) is 29.2 Å². The lowest BCUT2D eigenvalue weighted by Gasteiger charge is -2.14. The molecule has 0 fully saturated rings. The molecule has 3 rings (SSSR count). The van der Waals surface area contributed by atoms with Crippen LogP contribution in [0.4, 0.5) is 0 Å². The molecule has 0 bridgehead atoms. The molecule has 0 aliphatic heterocycles. The van der Waals surface area contributed by atoms with E-state index in [1.807, 2.05) is 32.0 Å². The number of methoxy groups -OCH3 is 1. The number of hydrogen-bond donors (Lipinski definition) is 2. The summed E-state index contributed by atoms with van der Waals surface area (Å²) in [5.74, 6) is 0.389. The highest BCUT2D eigenvalue weighted by Crippen LogP contribution is 2.31. The Balaban J connectivity index is 1.99. The molecule has 0 spiro atoms. The molecule has 0 saturated heterocycles. The Morgan fingerprint density at radius 2 is 1.90 bits per heavy atom. The molecule has 0 saturated carbocycles. The van der Waals surface area contributed by atoms with Gasteiger partial charge in [-0.25, -0.2) is 0 Å². The number of hydrogen-bond acceptors (Lipinski definition) is 4. The van der Waals surface area contributed by atoms with E-state index in [4.69, 9.17) is 16.3 Å². The zero-order chi connectivity index (χ0) is 22.5. The second-order valence-electron chi connectivity index (χ2n) is 7.45. The Kier molecular flexibility index (Phi) is 7.36. The molecule has 1 aromatic heterocycles. The third-order valence-electron chi connectivity index (χ3n) is 5.52.